The van der Waals surface area contributed by atoms with Crippen LogP contribution in [-0.4, -0.2) is 21.4 Å². The summed E-state index contributed by atoms with van der Waals surface area (Å²) < 4.78 is 13.8. The molecule has 0 N–H and O–H groups in total. The fourth-order valence-corrected chi connectivity index (χ4v) is 3.13. The summed E-state index contributed by atoms with van der Waals surface area (Å²) in [5, 5.41) is 4.89. The molecule has 0 saturated heterocycles. The molecule has 0 fully saturated rings. The SMILES string of the molecule is C=CCOC(C)(Cn1cncn1)c1ccc(Oc2ccc(Cl)cc2)cc1C. The quantitative estimate of drug-likeness (QED) is 0.505. The van der Waals surface area contributed by atoms with Crippen LogP contribution in [0.3, 0.4) is 0 Å². The van der Waals surface area contributed by atoms with E-state index in [0.717, 1.165) is 22.6 Å². The van der Waals surface area contributed by atoms with E-state index in [1.165, 1.54) is 6.33 Å². The normalized spacial score (nSPS) is 13.1. The molecule has 27 heavy (non-hydrogen) atoms. The number of aromatic nitrogens is 3. The Bertz CT molecular complexity index is 894. The van der Waals surface area contributed by atoms with Gasteiger partial charge in [0.2, 0.25) is 0 Å². The Hall–Kier alpha value is -2.63. The van der Waals surface area contributed by atoms with E-state index in [0.29, 0.717) is 18.2 Å². The summed E-state index contributed by atoms with van der Waals surface area (Å²) in [4.78, 5) is 4.02. The standard InChI is InChI=1S/C21H22ClN3O2/c1-4-11-26-21(3,13-25-15-23-14-24-25)20-10-9-19(12-16(20)2)27-18-7-5-17(22)6-8-18/h4-10,12,14-15H,1,11,13H2,2-3H3. The van der Waals surface area contributed by atoms with Crippen molar-refractivity contribution in [1.29, 1.82) is 0 Å². The first kappa shape index (κ1) is 19.1. The molecule has 1 atom stereocenters. The lowest BCUT2D eigenvalue weighted by atomic mass is 9.91. The monoisotopic (exact) mass is 383 g/mol. The first-order valence-electron chi connectivity index (χ1n) is 8.62. The first-order chi connectivity index (χ1) is 13.0. The molecular weight excluding hydrogens is 362 g/mol. The molecule has 0 aliphatic rings. The fraction of sp³-hybridized carbons (Fsp3) is 0.238. The summed E-state index contributed by atoms with van der Waals surface area (Å²) in [6, 6.07) is 13.3. The van der Waals surface area contributed by atoms with Gasteiger partial charge in [-0.25, -0.2) is 9.67 Å². The van der Waals surface area contributed by atoms with Crippen LogP contribution in [0, 0.1) is 6.92 Å². The Morgan fingerprint density at radius 3 is 2.56 bits per heavy atom. The smallest absolute Gasteiger partial charge is 0.137 e. The van der Waals surface area contributed by atoms with Gasteiger partial charge in [0.1, 0.15) is 29.8 Å². The zero-order valence-corrected chi connectivity index (χ0v) is 16.2. The van der Waals surface area contributed by atoms with Gasteiger partial charge in [0.25, 0.3) is 0 Å². The first-order valence-corrected chi connectivity index (χ1v) is 9.00. The molecule has 1 heterocycles. The average Bonchev–Trinajstić information content (AvgIpc) is 3.15. The van der Waals surface area contributed by atoms with Crippen molar-refractivity contribution in [2.75, 3.05) is 6.61 Å². The third kappa shape index (κ3) is 4.76. The number of rotatable bonds is 8. The van der Waals surface area contributed by atoms with Crippen LogP contribution >= 0.6 is 11.6 Å². The van der Waals surface area contributed by atoms with Gasteiger partial charge in [-0.3, -0.25) is 0 Å². The van der Waals surface area contributed by atoms with Gasteiger partial charge in [0.15, 0.2) is 0 Å². The van der Waals surface area contributed by atoms with Crippen molar-refractivity contribution in [2.24, 2.45) is 0 Å². The lowest BCUT2D eigenvalue weighted by molar-refractivity contribution is -0.0369. The average molecular weight is 384 g/mol. The summed E-state index contributed by atoms with van der Waals surface area (Å²) in [6.07, 6.45) is 4.94. The fourth-order valence-electron chi connectivity index (χ4n) is 3.01. The molecule has 5 nitrogen and oxygen atoms in total. The maximum atomic E-state index is 6.13. The van der Waals surface area contributed by atoms with Gasteiger partial charge in [-0.1, -0.05) is 23.7 Å². The molecule has 0 aliphatic carbocycles. The zero-order valence-electron chi connectivity index (χ0n) is 15.4. The maximum absolute atomic E-state index is 6.13. The topological polar surface area (TPSA) is 49.2 Å². The number of benzene rings is 2. The van der Waals surface area contributed by atoms with Crippen LogP contribution in [0.25, 0.3) is 0 Å². The molecule has 0 radical (unpaired) electrons. The van der Waals surface area contributed by atoms with Gasteiger partial charge in [0, 0.05) is 5.02 Å². The van der Waals surface area contributed by atoms with Gasteiger partial charge in [0.05, 0.1) is 13.2 Å². The second-order valence-corrected chi connectivity index (χ2v) is 6.89. The third-order valence-electron chi connectivity index (χ3n) is 4.27. The lowest BCUT2D eigenvalue weighted by Gasteiger charge is -2.31. The molecule has 0 saturated carbocycles. The predicted molar refractivity (Wildman–Crippen MR) is 106 cm³/mol. The third-order valence-corrected chi connectivity index (χ3v) is 4.52. The van der Waals surface area contributed by atoms with Crippen LogP contribution in [0.2, 0.25) is 5.02 Å². The molecule has 6 heteroatoms. The summed E-state index contributed by atoms with van der Waals surface area (Å²) in [5.74, 6) is 1.49. The Labute approximate surface area is 164 Å². The molecule has 3 rings (SSSR count). The van der Waals surface area contributed by atoms with E-state index in [2.05, 4.69) is 16.7 Å². The van der Waals surface area contributed by atoms with Crippen molar-refractivity contribution in [3.05, 3.63) is 83.9 Å². The molecule has 140 valence electrons. The summed E-state index contributed by atoms with van der Waals surface area (Å²) in [6.45, 7) is 8.82. The number of ether oxygens (including phenoxy) is 2. The zero-order chi connectivity index (χ0) is 19.3. The number of halogens is 1. The summed E-state index contributed by atoms with van der Waals surface area (Å²) >= 11 is 5.92. The van der Waals surface area contributed by atoms with E-state index >= 15 is 0 Å². The number of aryl methyl sites for hydroxylation is 1. The molecule has 1 aromatic heterocycles. The van der Waals surface area contributed by atoms with E-state index in [1.807, 2.05) is 44.2 Å². The molecule has 2 aromatic carbocycles. The minimum absolute atomic E-state index is 0.438. The van der Waals surface area contributed by atoms with Crippen molar-refractivity contribution in [2.45, 2.75) is 26.0 Å². The minimum atomic E-state index is -0.579. The maximum Gasteiger partial charge on any atom is 0.137 e. The lowest BCUT2D eigenvalue weighted by Crippen LogP contribution is -2.33. The largest absolute Gasteiger partial charge is 0.457 e. The second kappa shape index (κ2) is 8.37. The summed E-state index contributed by atoms with van der Waals surface area (Å²) in [7, 11) is 0. The molecule has 0 bridgehead atoms. The number of hydrogen-bond acceptors (Lipinski definition) is 4. The Balaban J connectivity index is 1.86. The number of nitrogens with zero attached hydrogens (tertiary/aromatic N) is 3. The highest BCUT2D eigenvalue weighted by Gasteiger charge is 2.30. The van der Waals surface area contributed by atoms with E-state index in [4.69, 9.17) is 21.1 Å². The van der Waals surface area contributed by atoms with Crippen molar-refractivity contribution in [1.82, 2.24) is 14.8 Å². The van der Waals surface area contributed by atoms with E-state index in [1.54, 1.807) is 29.2 Å². The molecule has 0 amide bonds. The molecule has 1 unspecified atom stereocenters. The van der Waals surface area contributed by atoms with Gasteiger partial charge in [-0.15, -0.1) is 6.58 Å². The highest BCUT2D eigenvalue weighted by atomic mass is 35.5. The van der Waals surface area contributed by atoms with Crippen LogP contribution < -0.4 is 4.74 Å². The number of hydrogen-bond donors (Lipinski definition) is 0. The predicted octanol–water partition coefficient (Wildman–Crippen LogP) is 5.15. The molecular formula is C21H22ClN3O2. The highest BCUT2D eigenvalue weighted by molar-refractivity contribution is 6.30. The Kier molecular flexibility index (Phi) is 5.94. The van der Waals surface area contributed by atoms with Crippen LogP contribution in [0.5, 0.6) is 11.5 Å². The van der Waals surface area contributed by atoms with Crippen LogP contribution in [0.4, 0.5) is 0 Å². The second-order valence-electron chi connectivity index (χ2n) is 6.46. The van der Waals surface area contributed by atoms with Gasteiger partial charge in [-0.2, -0.15) is 5.10 Å². The molecule has 0 spiro atoms. The van der Waals surface area contributed by atoms with Crippen LogP contribution in [0.15, 0.2) is 67.8 Å². The van der Waals surface area contributed by atoms with Gasteiger partial charge in [-0.05, 0) is 61.4 Å². The van der Waals surface area contributed by atoms with Gasteiger partial charge >= 0.3 is 0 Å². The summed E-state index contributed by atoms with van der Waals surface area (Å²) in [5.41, 5.74) is 1.54. The Morgan fingerprint density at radius 1 is 1.19 bits per heavy atom. The van der Waals surface area contributed by atoms with Crippen LogP contribution in [0.1, 0.15) is 18.1 Å². The minimum Gasteiger partial charge on any atom is -0.457 e. The van der Waals surface area contributed by atoms with Crippen molar-refractivity contribution >= 4 is 11.6 Å². The van der Waals surface area contributed by atoms with Crippen LogP contribution in [-0.2, 0) is 16.9 Å². The van der Waals surface area contributed by atoms with Crippen molar-refractivity contribution in [3.8, 4) is 11.5 Å². The molecule has 3 aromatic rings. The molecule has 0 aliphatic heterocycles. The highest BCUT2D eigenvalue weighted by Crippen LogP contribution is 2.33. The van der Waals surface area contributed by atoms with Crippen molar-refractivity contribution in [3.63, 3.8) is 0 Å². The van der Waals surface area contributed by atoms with E-state index in [-0.39, 0.29) is 0 Å². The Morgan fingerprint density at radius 2 is 1.93 bits per heavy atom. The van der Waals surface area contributed by atoms with Gasteiger partial charge < -0.3 is 9.47 Å². The van der Waals surface area contributed by atoms with Crippen molar-refractivity contribution < 1.29 is 9.47 Å². The van der Waals surface area contributed by atoms with E-state index in [9.17, 15) is 0 Å². The van der Waals surface area contributed by atoms with E-state index < -0.39 is 5.60 Å².